The van der Waals surface area contributed by atoms with Crippen LogP contribution in [0.1, 0.15) is 156 Å². The fourth-order valence-electron chi connectivity index (χ4n) is 9.87. The van der Waals surface area contributed by atoms with Crippen molar-refractivity contribution in [3.05, 3.63) is 72.8 Å². The van der Waals surface area contributed by atoms with Gasteiger partial charge in [-0.25, -0.2) is 0 Å². The van der Waals surface area contributed by atoms with E-state index in [0.29, 0.717) is 39.6 Å². The zero-order valence-electron chi connectivity index (χ0n) is 49.1. The van der Waals surface area contributed by atoms with E-state index in [2.05, 4.69) is 133 Å². The fraction of sp³-hybridized carbons (Fsp3) is 0.714. The SMILES string of the molecule is CCCCCCCC[Si](C)(C)CCCOCCOc1ccc([S+](c2ccc(OCCOCCC[Si](C)(C)CCCCCCCC)cc2)c2ccc(OCCOCCC[Si](C)(C)CCCCCCCC)cc2)cc1.[Cl-]. The van der Waals surface area contributed by atoms with E-state index in [1.54, 1.807) is 0 Å². The molecule has 0 bridgehead atoms. The Bertz CT molecular complexity index is 1540. The molecule has 3 aromatic rings. The molecule has 0 unspecified atom stereocenters. The average molecular weight is 1120 g/mol. The maximum absolute atomic E-state index is 6.18. The van der Waals surface area contributed by atoms with Crippen molar-refractivity contribution in [1.82, 2.24) is 0 Å². The van der Waals surface area contributed by atoms with E-state index in [1.807, 2.05) is 0 Å². The van der Waals surface area contributed by atoms with E-state index in [9.17, 15) is 0 Å². The molecule has 74 heavy (non-hydrogen) atoms. The van der Waals surface area contributed by atoms with Gasteiger partial charge in [0.05, 0.1) is 30.7 Å². The third-order valence-electron chi connectivity index (χ3n) is 14.7. The van der Waals surface area contributed by atoms with Crippen LogP contribution in [-0.4, -0.2) is 83.7 Å². The summed E-state index contributed by atoms with van der Waals surface area (Å²) in [7, 11) is -3.75. The van der Waals surface area contributed by atoms with Crippen molar-refractivity contribution in [2.45, 2.75) is 246 Å². The molecule has 3 aromatic carbocycles. The molecule has 0 aliphatic rings. The molecular weight excluding hydrogens is 1000 g/mol. The minimum absolute atomic E-state index is 0. The Kier molecular flexibility index (Phi) is 39.0. The van der Waals surface area contributed by atoms with Crippen LogP contribution in [0.4, 0.5) is 0 Å². The van der Waals surface area contributed by atoms with E-state index in [1.165, 1.54) is 167 Å². The Morgan fingerprint density at radius 1 is 0.284 bits per heavy atom. The van der Waals surface area contributed by atoms with Gasteiger partial charge in [0.2, 0.25) is 0 Å². The van der Waals surface area contributed by atoms with E-state index in [0.717, 1.165) is 56.3 Å². The van der Waals surface area contributed by atoms with Gasteiger partial charge >= 0.3 is 0 Å². The Labute approximate surface area is 468 Å². The second kappa shape index (κ2) is 42.2. The van der Waals surface area contributed by atoms with Gasteiger partial charge in [-0.05, 0) is 92.1 Å². The highest BCUT2D eigenvalue weighted by Gasteiger charge is 2.29. The van der Waals surface area contributed by atoms with Gasteiger partial charge in [-0.15, -0.1) is 0 Å². The van der Waals surface area contributed by atoms with Gasteiger partial charge < -0.3 is 40.8 Å². The van der Waals surface area contributed by atoms with Crippen LogP contribution in [0.15, 0.2) is 87.5 Å². The highest BCUT2D eigenvalue weighted by atomic mass is 35.5. The number of hydrogen-bond acceptors (Lipinski definition) is 6. The quantitative estimate of drug-likeness (QED) is 0.0319. The Balaban J connectivity index is 0.0000187. The maximum Gasteiger partial charge on any atom is 0.166 e. The molecule has 11 heteroatoms. The normalized spacial score (nSPS) is 12.1. The number of halogens is 1. The van der Waals surface area contributed by atoms with E-state index in [-0.39, 0.29) is 23.3 Å². The van der Waals surface area contributed by atoms with Crippen LogP contribution in [0.5, 0.6) is 17.2 Å². The number of ether oxygens (including phenoxy) is 6. The molecule has 0 aliphatic heterocycles. The monoisotopic (exact) mass is 1110 g/mol. The van der Waals surface area contributed by atoms with E-state index >= 15 is 0 Å². The molecule has 6 nitrogen and oxygen atoms in total. The van der Waals surface area contributed by atoms with Gasteiger partial charge in [-0.1, -0.05) is 212 Å². The summed E-state index contributed by atoms with van der Waals surface area (Å²) in [5, 5.41) is 0. The van der Waals surface area contributed by atoms with E-state index in [4.69, 9.17) is 28.4 Å². The first-order chi connectivity index (χ1) is 35.4. The fourth-order valence-corrected chi connectivity index (χ4v) is 19.6. The average Bonchev–Trinajstić information content (AvgIpc) is 3.37. The second-order valence-corrected chi connectivity index (χ2v) is 41.5. The third kappa shape index (κ3) is 33.5. The van der Waals surface area contributed by atoms with Crippen molar-refractivity contribution in [1.29, 1.82) is 0 Å². The maximum atomic E-state index is 6.18. The van der Waals surface area contributed by atoms with Crippen LogP contribution in [0.2, 0.25) is 75.5 Å². The third-order valence-corrected chi connectivity index (χ3v) is 27.2. The molecule has 0 atom stereocenters. The van der Waals surface area contributed by atoms with Crippen LogP contribution < -0.4 is 26.6 Å². The smallest absolute Gasteiger partial charge is 0.166 e. The number of unbranched alkanes of at least 4 members (excludes halogenated alkanes) is 15. The predicted molar refractivity (Wildman–Crippen MR) is 326 cm³/mol. The lowest BCUT2D eigenvalue weighted by molar-refractivity contribution is -0.0000183. The minimum Gasteiger partial charge on any atom is -1.00 e. The molecule has 0 fully saturated rings. The van der Waals surface area contributed by atoms with Crippen LogP contribution in [-0.2, 0) is 25.1 Å². The summed E-state index contributed by atoms with van der Waals surface area (Å²) in [6.07, 6.45) is 28.5. The molecule has 0 N–H and O–H groups in total. The molecule has 0 amide bonds. The molecule has 0 aromatic heterocycles. The van der Waals surface area contributed by atoms with Crippen LogP contribution in [0, 0.1) is 0 Å². The van der Waals surface area contributed by atoms with Crippen molar-refractivity contribution in [2.24, 2.45) is 0 Å². The molecule has 0 saturated carbocycles. The standard InChI is InChI=1S/C63H111O6SSi3.ClH/c1-10-13-16-19-22-25-52-71(4,5)55-28-43-64-46-49-67-58-31-37-61(38-32-58)70(62-39-33-59(34-40-62)68-50-47-65-44-29-56-72(6,7)53-26-23-20-17-14-11-2)63-41-35-60(36-42-63)69-51-48-66-45-30-57-73(8,9)54-27-24-21-18-15-12-3;/h31-42H,10-30,43-57H2,1-9H3;1H/q+1;/p-1. The van der Waals surface area contributed by atoms with Gasteiger partial charge in [0.15, 0.2) is 14.7 Å². The first-order valence-corrected chi connectivity index (χ1v) is 41.5. The summed E-state index contributed by atoms with van der Waals surface area (Å²) in [5.74, 6) is 2.62. The predicted octanol–water partition coefficient (Wildman–Crippen LogP) is 16.3. The topological polar surface area (TPSA) is 55.4 Å². The molecule has 0 radical (unpaired) electrons. The molecule has 0 heterocycles. The summed E-state index contributed by atoms with van der Waals surface area (Å²) < 4.78 is 36.7. The number of hydrogen-bond donors (Lipinski definition) is 0. The lowest BCUT2D eigenvalue weighted by atomic mass is 10.1. The molecular formula is C63H111ClO6SSi3. The zero-order valence-corrected chi connectivity index (χ0v) is 53.7. The van der Waals surface area contributed by atoms with Crippen molar-refractivity contribution < 1.29 is 40.8 Å². The molecule has 0 saturated heterocycles. The molecule has 3 rings (SSSR count). The summed E-state index contributed by atoms with van der Waals surface area (Å²) in [4.78, 5) is 3.70. The molecule has 0 aliphatic carbocycles. The summed E-state index contributed by atoms with van der Waals surface area (Å²) in [5.41, 5.74) is 0. The number of benzene rings is 3. The summed E-state index contributed by atoms with van der Waals surface area (Å²) >= 11 is 0. The van der Waals surface area contributed by atoms with Gasteiger partial charge in [-0.2, -0.15) is 0 Å². The van der Waals surface area contributed by atoms with Gasteiger partial charge in [0.1, 0.15) is 37.1 Å². The van der Waals surface area contributed by atoms with Crippen molar-refractivity contribution in [2.75, 3.05) is 59.5 Å². The molecule has 0 spiro atoms. The van der Waals surface area contributed by atoms with E-state index < -0.39 is 24.2 Å². The first kappa shape index (κ1) is 68.3. The first-order valence-electron chi connectivity index (χ1n) is 30.0. The molecule has 424 valence electrons. The highest BCUT2D eigenvalue weighted by molar-refractivity contribution is 7.97. The van der Waals surface area contributed by atoms with Crippen LogP contribution in [0.25, 0.3) is 0 Å². The largest absolute Gasteiger partial charge is 1.00 e. The zero-order chi connectivity index (χ0) is 52.7. The van der Waals surface area contributed by atoms with Gasteiger partial charge in [-0.3, -0.25) is 0 Å². The number of rotatable bonds is 48. The van der Waals surface area contributed by atoms with Crippen LogP contribution >= 0.6 is 0 Å². The van der Waals surface area contributed by atoms with Crippen LogP contribution in [0.3, 0.4) is 0 Å². The Morgan fingerprint density at radius 3 is 0.770 bits per heavy atom. The van der Waals surface area contributed by atoms with Crippen molar-refractivity contribution in [3.63, 3.8) is 0 Å². The van der Waals surface area contributed by atoms with Gasteiger partial charge in [0.25, 0.3) is 0 Å². The summed E-state index contributed by atoms with van der Waals surface area (Å²) in [6.45, 7) is 28.2. The van der Waals surface area contributed by atoms with Crippen molar-refractivity contribution >= 4 is 35.1 Å². The lowest BCUT2D eigenvalue weighted by Gasteiger charge is -2.22. The second-order valence-electron chi connectivity index (χ2n) is 23.5. The minimum atomic E-state index is -1.14. The lowest BCUT2D eigenvalue weighted by Crippen LogP contribution is -3.00. The van der Waals surface area contributed by atoms with Crippen molar-refractivity contribution in [3.8, 4) is 17.2 Å². The van der Waals surface area contributed by atoms with Gasteiger partial charge in [0, 0.05) is 44.0 Å². The Morgan fingerprint density at radius 2 is 0.514 bits per heavy atom. The highest BCUT2D eigenvalue weighted by Crippen LogP contribution is 2.34. The Hall–Kier alpha value is -1.77. The summed E-state index contributed by atoms with van der Waals surface area (Å²) in [6, 6.07) is 34.4.